The molecule has 0 radical (unpaired) electrons. The molecular weight excluding hydrogens is 302 g/mol. The molecule has 4 rings (SSSR count). The van der Waals surface area contributed by atoms with Gasteiger partial charge in [-0.25, -0.2) is 0 Å². The highest BCUT2D eigenvalue weighted by molar-refractivity contribution is 5.92. The molecule has 1 nitrogen and oxygen atoms in total. The van der Waals surface area contributed by atoms with E-state index >= 15 is 0 Å². The molecule has 2 aromatic carbocycles. The number of hydrogen-bond donors (Lipinski definition) is 0. The molecule has 0 spiro atoms. The number of benzene rings is 2. The lowest BCUT2D eigenvalue weighted by atomic mass is 9.82. The highest BCUT2D eigenvalue weighted by Gasteiger charge is 2.30. The molecule has 0 fully saturated rings. The third-order valence-electron chi connectivity index (χ3n) is 5.26. The molecule has 126 valence electrons. The summed E-state index contributed by atoms with van der Waals surface area (Å²) in [4.78, 5) is 4.76. The Kier molecular flexibility index (Phi) is 3.76. The lowest BCUT2D eigenvalue weighted by molar-refractivity contribution is 0.333. The van der Waals surface area contributed by atoms with Crippen molar-refractivity contribution in [3.63, 3.8) is 0 Å². The topological polar surface area (TPSA) is 12.4 Å². The van der Waals surface area contributed by atoms with Crippen LogP contribution in [0.15, 0.2) is 59.6 Å². The van der Waals surface area contributed by atoms with Gasteiger partial charge in [0.25, 0.3) is 0 Å². The van der Waals surface area contributed by atoms with Crippen molar-refractivity contribution in [1.82, 2.24) is 0 Å². The number of rotatable bonds is 2. The van der Waals surface area contributed by atoms with E-state index in [1.807, 2.05) is 0 Å². The lowest BCUT2D eigenvalue weighted by Crippen LogP contribution is -2.14. The van der Waals surface area contributed by atoms with E-state index in [4.69, 9.17) is 4.99 Å². The summed E-state index contributed by atoms with van der Waals surface area (Å²) in [5.41, 5.74) is 9.54. The second-order valence-electron chi connectivity index (χ2n) is 8.24. The maximum Gasteiger partial charge on any atom is 0.0803 e. The third kappa shape index (κ3) is 2.89. The predicted octanol–water partition coefficient (Wildman–Crippen LogP) is 6.39. The fourth-order valence-electron chi connectivity index (χ4n) is 3.87. The first-order valence-corrected chi connectivity index (χ1v) is 9.08. The van der Waals surface area contributed by atoms with E-state index < -0.39 is 0 Å². The smallest absolute Gasteiger partial charge is 0.0803 e. The van der Waals surface area contributed by atoms with Crippen LogP contribution in [0.25, 0.3) is 11.1 Å². The molecule has 1 unspecified atom stereocenters. The number of nitrogens with zero attached hydrogens (tertiary/aromatic N) is 1. The quantitative estimate of drug-likeness (QED) is 0.606. The number of hydrogen-bond acceptors (Lipinski definition) is 1. The van der Waals surface area contributed by atoms with Crippen LogP contribution in [0.3, 0.4) is 0 Å². The van der Waals surface area contributed by atoms with Crippen LogP contribution in [0.1, 0.15) is 61.1 Å². The van der Waals surface area contributed by atoms with Gasteiger partial charge in [0.1, 0.15) is 0 Å². The first-order chi connectivity index (χ1) is 11.9. The summed E-state index contributed by atoms with van der Waals surface area (Å²) in [6.45, 7) is 8.96. The fourth-order valence-corrected chi connectivity index (χ4v) is 3.87. The average Bonchev–Trinajstić information content (AvgIpc) is 3.21. The zero-order valence-electron chi connectivity index (χ0n) is 15.5. The molecule has 0 saturated carbocycles. The largest absolute Gasteiger partial charge is 0.284 e. The predicted molar refractivity (Wildman–Crippen MR) is 108 cm³/mol. The maximum absolute atomic E-state index is 4.76. The Morgan fingerprint density at radius 3 is 2.60 bits per heavy atom. The van der Waals surface area contributed by atoms with Crippen molar-refractivity contribution in [3.8, 4) is 0 Å². The van der Waals surface area contributed by atoms with Crippen molar-refractivity contribution < 1.29 is 0 Å². The molecule has 0 bridgehead atoms. The molecule has 2 aliphatic rings. The summed E-state index contributed by atoms with van der Waals surface area (Å²) in [5, 5.41) is 0. The van der Waals surface area contributed by atoms with E-state index in [9.17, 15) is 0 Å². The molecule has 2 aromatic rings. The van der Waals surface area contributed by atoms with Gasteiger partial charge in [-0.05, 0) is 63.8 Å². The van der Waals surface area contributed by atoms with Crippen LogP contribution in [0.2, 0.25) is 0 Å². The summed E-state index contributed by atoms with van der Waals surface area (Å²) in [6, 6.07) is 15.7. The molecule has 1 aliphatic carbocycles. The molecule has 1 heteroatoms. The molecule has 1 heterocycles. The second-order valence-corrected chi connectivity index (χ2v) is 8.24. The highest BCUT2D eigenvalue weighted by atomic mass is 14.8. The standard InChI is InChI=1S/C24H25N/c1-16-7-5-6-8-21(16)19-10-9-17(13-19)18-11-12-22-20(14-18)15-25-23(22)24(2,3)4/h5-8,10-15,23H,9H2,1-4H3. The zero-order valence-corrected chi connectivity index (χ0v) is 15.5. The Labute approximate surface area is 150 Å². The van der Waals surface area contributed by atoms with Gasteiger partial charge in [-0.2, -0.15) is 0 Å². The van der Waals surface area contributed by atoms with Crippen molar-refractivity contribution in [2.24, 2.45) is 10.4 Å². The number of fused-ring (bicyclic) bond motifs is 1. The normalized spacial score (nSPS) is 19.0. The van der Waals surface area contributed by atoms with E-state index in [1.54, 1.807) is 0 Å². The zero-order chi connectivity index (χ0) is 17.6. The minimum Gasteiger partial charge on any atom is -0.284 e. The summed E-state index contributed by atoms with van der Waals surface area (Å²) in [5.74, 6) is 0. The SMILES string of the molecule is Cc1ccccc1C1=CCC(c2ccc3c(c2)C=NC3C(C)(C)C)=C1. The van der Waals surface area contributed by atoms with E-state index in [0.717, 1.165) is 6.42 Å². The molecule has 0 aromatic heterocycles. The van der Waals surface area contributed by atoms with Crippen LogP contribution in [0.5, 0.6) is 0 Å². The van der Waals surface area contributed by atoms with Crippen LogP contribution < -0.4 is 0 Å². The highest BCUT2D eigenvalue weighted by Crippen LogP contribution is 2.42. The molecule has 0 saturated heterocycles. The Hall–Kier alpha value is -2.41. The van der Waals surface area contributed by atoms with E-state index in [1.165, 1.54) is 39.0 Å². The summed E-state index contributed by atoms with van der Waals surface area (Å²) < 4.78 is 0. The molecular formula is C24H25N. The Balaban J connectivity index is 1.64. The van der Waals surface area contributed by atoms with Gasteiger partial charge in [-0.1, -0.05) is 69.3 Å². The van der Waals surface area contributed by atoms with Crippen LogP contribution >= 0.6 is 0 Å². The van der Waals surface area contributed by atoms with E-state index in [0.29, 0.717) is 0 Å². The van der Waals surface area contributed by atoms with Crippen LogP contribution in [0.4, 0.5) is 0 Å². The van der Waals surface area contributed by atoms with Crippen LogP contribution in [-0.2, 0) is 0 Å². The van der Waals surface area contributed by atoms with Gasteiger partial charge in [0.05, 0.1) is 6.04 Å². The van der Waals surface area contributed by atoms with Crippen molar-refractivity contribution in [2.75, 3.05) is 0 Å². The van der Waals surface area contributed by atoms with Crippen molar-refractivity contribution in [1.29, 1.82) is 0 Å². The molecule has 25 heavy (non-hydrogen) atoms. The van der Waals surface area contributed by atoms with Gasteiger partial charge >= 0.3 is 0 Å². The third-order valence-corrected chi connectivity index (χ3v) is 5.26. The first-order valence-electron chi connectivity index (χ1n) is 9.08. The number of aryl methyl sites for hydroxylation is 1. The number of allylic oxidation sites excluding steroid dienone is 4. The first kappa shape index (κ1) is 16.1. The average molecular weight is 327 g/mol. The summed E-state index contributed by atoms with van der Waals surface area (Å²) >= 11 is 0. The van der Waals surface area contributed by atoms with Crippen LogP contribution in [0, 0.1) is 12.3 Å². The van der Waals surface area contributed by atoms with Gasteiger partial charge in [0.15, 0.2) is 0 Å². The molecule has 0 N–H and O–H groups in total. The fraction of sp³-hybridized carbons (Fsp3) is 0.292. The Morgan fingerprint density at radius 1 is 1.04 bits per heavy atom. The van der Waals surface area contributed by atoms with Crippen molar-refractivity contribution in [3.05, 3.63) is 82.4 Å². The minimum absolute atomic E-state index is 0.162. The molecule has 1 aliphatic heterocycles. The van der Waals surface area contributed by atoms with Gasteiger partial charge in [0.2, 0.25) is 0 Å². The van der Waals surface area contributed by atoms with Gasteiger partial charge in [0, 0.05) is 6.21 Å². The lowest BCUT2D eigenvalue weighted by Gasteiger charge is -2.25. The van der Waals surface area contributed by atoms with E-state index in [2.05, 4.69) is 88.5 Å². The maximum atomic E-state index is 4.76. The van der Waals surface area contributed by atoms with Crippen molar-refractivity contribution in [2.45, 2.75) is 40.2 Å². The molecule has 0 amide bonds. The Bertz CT molecular complexity index is 919. The van der Waals surface area contributed by atoms with Gasteiger partial charge < -0.3 is 0 Å². The van der Waals surface area contributed by atoms with Crippen LogP contribution in [-0.4, -0.2) is 6.21 Å². The summed E-state index contributed by atoms with van der Waals surface area (Å²) in [7, 11) is 0. The minimum atomic E-state index is 0.162. The van der Waals surface area contributed by atoms with Gasteiger partial charge in [-0.15, -0.1) is 0 Å². The second kappa shape index (κ2) is 5.84. The summed E-state index contributed by atoms with van der Waals surface area (Å²) in [6.07, 6.45) is 7.75. The van der Waals surface area contributed by atoms with E-state index in [-0.39, 0.29) is 11.5 Å². The number of aliphatic imine (C=N–C) groups is 1. The molecule has 1 atom stereocenters. The Morgan fingerprint density at radius 2 is 1.84 bits per heavy atom. The monoisotopic (exact) mass is 327 g/mol. The van der Waals surface area contributed by atoms with Crippen molar-refractivity contribution >= 4 is 17.4 Å². The van der Waals surface area contributed by atoms with Gasteiger partial charge in [-0.3, -0.25) is 4.99 Å².